The Kier molecular flexibility index (Phi) is 4.29. The highest BCUT2D eigenvalue weighted by atomic mass is 16.5. The Morgan fingerprint density at radius 1 is 1.04 bits per heavy atom. The number of likely N-dealkylation sites (tertiary alicyclic amines) is 1. The number of rotatable bonds is 4. The third-order valence-electron chi connectivity index (χ3n) is 7.93. The minimum absolute atomic E-state index is 0.0200. The molecular weight excluding hydrogens is 350 g/mol. The summed E-state index contributed by atoms with van der Waals surface area (Å²) in [5, 5.41) is 0. The number of nitrogens with zero attached hydrogens (tertiary/aromatic N) is 1. The summed E-state index contributed by atoms with van der Waals surface area (Å²) in [6.45, 7) is 3.35. The van der Waals surface area contributed by atoms with Crippen molar-refractivity contribution >= 4 is 11.9 Å². The molecule has 5 aliphatic rings. The van der Waals surface area contributed by atoms with Crippen molar-refractivity contribution in [3.8, 4) is 0 Å². The zero-order valence-corrected chi connectivity index (χ0v) is 16.9. The molecule has 1 heterocycles. The second-order valence-electron chi connectivity index (χ2n) is 9.97. The maximum Gasteiger partial charge on any atom is 0.312 e. The number of amides is 1. The van der Waals surface area contributed by atoms with E-state index in [1.165, 1.54) is 24.8 Å². The summed E-state index contributed by atoms with van der Waals surface area (Å²) in [4.78, 5) is 27.9. The van der Waals surface area contributed by atoms with Crippen LogP contribution in [0.1, 0.15) is 63.9 Å². The van der Waals surface area contributed by atoms with Crippen LogP contribution in [0.3, 0.4) is 0 Å². The van der Waals surface area contributed by atoms with E-state index in [4.69, 9.17) is 4.74 Å². The maximum absolute atomic E-state index is 13.4. The Labute approximate surface area is 167 Å². The fraction of sp³-hybridized carbons (Fsp3) is 0.667. The van der Waals surface area contributed by atoms with E-state index in [-0.39, 0.29) is 22.7 Å². The Hall–Kier alpha value is -1.84. The van der Waals surface area contributed by atoms with Gasteiger partial charge >= 0.3 is 5.97 Å². The standard InChI is InChI=1S/C24H31NO3/c1-17(21(26)25-9-5-6-10-25)28-22(27)24-14-18-11-19(15-24)13-23(12-18,16-24)20-7-3-2-4-8-20/h2-4,7-8,17-19H,5-6,9-16H2,1H3/t17-,18-,19+,23?,24?/m0/s1. The van der Waals surface area contributed by atoms with Crippen molar-refractivity contribution in [3.63, 3.8) is 0 Å². The molecule has 2 unspecified atom stereocenters. The second kappa shape index (κ2) is 6.60. The van der Waals surface area contributed by atoms with Crippen LogP contribution in [0, 0.1) is 17.3 Å². The van der Waals surface area contributed by atoms with Gasteiger partial charge in [0.2, 0.25) is 0 Å². The lowest BCUT2D eigenvalue weighted by molar-refractivity contribution is -0.182. The summed E-state index contributed by atoms with van der Waals surface area (Å²) >= 11 is 0. The van der Waals surface area contributed by atoms with E-state index in [0.29, 0.717) is 11.8 Å². The molecule has 0 N–H and O–H groups in total. The molecule has 4 saturated carbocycles. The van der Waals surface area contributed by atoms with Crippen molar-refractivity contribution in [2.75, 3.05) is 13.1 Å². The van der Waals surface area contributed by atoms with E-state index >= 15 is 0 Å². The predicted octanol–water partition coefficient (Wildman–Crippen LogP) is 4.08. The molecular formula is C24H31NO3. The van der Waals surface area contributed by atoms with Gasteiger partial charge in [0.25, 0.3) is 5.91 Å². The first-order valence-corrected chi connectivity index (χ1v) is 11.1. The van der Waals surface area contributed by atoms with E-state index < -0.39 is 6.10 Å². The molecule has 1 aliphatic heterocycles. The zero-order valence-electron chi connectivity index (χ0n) is 16.9. The Morgan fingerprint density at radius 3 is 2.32 bits per heavy atom. The average Bonchev–Trinajstić information content (AvgIpc) is 3.22. The monoisotopic (exact) mass is 381 g/mol. The molecule has 6 rings (SSSR count). The molecule has 1 saturated heterocycles. The van der Waals surface area contributed by atoms with Crippen LogP contribution >= 0.6 is 0 Å². The molecule has 0 spiro atoms. The molecule has 0 aromatic heterocycles. The van der Waals surface area contributed by atoms with Crippen LogP contribution in [-0.4, -0.2) is 36.0 Å². The van der Waals surface area contributed by atoms with Gasteiger partial charge in [-0.15, -0.1) is 0 Å². The van der Waals surface area contributed by atoms with Crippen molar-refractivity contribution in [3.05, 3.63) is 35.9 Å². The summed E-state index contributed by atoms with van der Waals surface area (Å²) < 4.78 is 5.86. The van der Waals surface area contributed by atoms with E-state index in [1.807, 2.05) is 4.90 Å². The zero-order chi connectivity index (χ0) is 19.4. The summed E-state index contributed by atoms with van der Waals surface area (Å²) in [6, 6.07) is 10.8. The number of hydrogen-bond donors (Lipinski definition) is 0. The van der Waals surface area contributed by atoms with Crippen LogP contribution in [0.5, 0.6) is 0 Å². The molecule has 4 heteroatoms. The van der Waals surface area contributed by atoms with Crippen LogP contribution < -0.4 is 0 Å². The molecule has 5 fully saturated rings. The van der Waals surface area contributed by atoms with Gasteiger partial charge in [-0.25, -0.2) is 0 Å². The third-order valence-corrected chi connectivity index (χ3v) is 7.93. The molecule has 1 aromatic rings. The number of benzene rings is 1. The molecule has 0 radical (unpaired) electrons. The van der Waals surface area contributed by atoms with E-state index in [2.05, 4.69) is 30.3 Å². The summed E-state index contributed by atoms with van der Waals surface area (Å²) in [5.74, 6) is 1.09. The first-order chi connectivity index (χ1) is 13.5. The molecule has 28 heavy (non-hydrogen) atoms. The smallest absolute Gasteiger partial charge is 0.312 e. The number of carbonyl (C=O) groups is 2. The van der Waals surface area contributed by atoms with Gasteiger partial charge < -0.3 is 9.64 Å². The van der Waals surface area contributed by atoms with Crippen molar-refractivity contribution in [1.29, 1.82) is 0 Å². The summed E-state index contributed by atoms with van der Waals surface area (Å²) in [5.41, 5.74) is 1.12. The average molecular weight is 382 g/mol. The fourth-order valence-electron chi connectivity index (χ4n) is 7.16. The number of hydrogen-bond acceptors (Lipinski definition) is 3. The van der Waals surface area contributed by atoms with Gasteiger partial charge in [0.05, 0.1) is 5.41 Å². The number of carbonyl (C=O) groups excluding carboxylic acids is 2. The van der Waals surface area contributed by atoms with Crippen LogP contribution in [0.25, 0.3) is 0 Å². The van der Waals surface area contributed by atoms with Gasteiger partial charge in [0, 0.05) is 13.1 Å². The van der Waals surface area contributed by atoms with Gasteiger partial charge in [-0.1, -0.05) is 30.3 Å². The topological polar surface area (TPSA) is 46.6 Å². The van der Waals surface area contributed by atoms with Gasteiger partial charge in [0.1, 0.15) is 0 Å². The predicted molar refractivity (Wildman–Crippen MR) is 107 cm³/mol. The van der Waals surface area contributed by atoms with E-state index in [9.17, 15) is 9.59 Å². The molecule has 1 amide bonds. The first kappa shape index (κ1) is 18.2. The summed E-state index contributed by atoms with van der Waals surface area (Å²) in [7, 11) is 0. The highest BCUT2D eigenvalue weighted by molar-refractivity contribution is 5.85. The van der Waals surface area contributed by atoms with Crippen molar-refractivity contribution in [2.24, 2.45) is 17.3 Å². The minimum Gasteiger partial charge on any atom is -0.452 e. The fourth-order valence-corrected chi connectivity index (χ4v) is 7.16. The van der Waals surface area contributed by atoms with Crippen molar-refractivity contribution < 1.29 is 14.3 Å². The van der Waals surface area contributed by atoms with Gasteiger partial charge in [0.15, 0.2) is 6.10 Å². The van der Waals surface area contributed by atoms with Crippen LogP contribution in [0.2, 0.25) is 0 Å². The van der Waals surface area contributed by atoms with Gasteiger partial charge in [-0.3, -0.25) is 9.59 Å². The van der Waals surface area contributed by atoms with E-state index in [1.54, 1.807) is 6.92 Å². The Morgan fingerprint density at radius 2 is 1.68 bits per heavy atom. The quantitative estimate of drug-likeness (QED) is 0.739. The highest BCUT2D eigenvalue weighted by Crippen LogP contribution is 2.66. The van der Waals surface area contributed by atoms with Crippen molar-refractivity contribution in [1.82, 2.24) is 4.90 Å². The normalized spacial score (nSPS) is 37.1. The molecule has 4 aliphatic carbocycles. The molecule has 4 nitrogen and oxygen atoms in total. The number of esters is 1. The first-order valence-electron chi connectivity index (χ1n) is 11.1. The molecule has 1 aromatic carbocycles. The van der Waals surface area contributed by atoms with Crippen LogP contribution in [0.4, 0.5) is 0 Å². The molecule has 5 atom stereocenters. The lowest BCUT2D eigenvalue weighted by Gasteiger charge is -2.61. The Balaban J connectivity index is 1.37. The highest BCUT2D eigenvalue weighted by Gasteiger charge is 2.61. The second-order valence-corrected chi connectivity index (χ2v) is 9.97. The molecule has 4 bridgehead atoms. The largest absolute Gasteiger partial charge is 0.452 e. The van der Waals surface area contributed by atoms with Crippen LogP contribution in [-0.2, 0) is 19.7 Å². The third kappa shape index (κ3) is 2.87. The number of ether oxygens (including phenoxy) is 1. The van der Waals surface area contributed by atoms with Gasteiger partial charge in [-0.05, 0) is 81.1 Å². The SMILES string of the molecule is C[C@H](OC(=O)C12C[C@H]3C[C@@H](C1)CC(c1ccccc1)(C3)C2)C(=O)N1CCCC1. The van der Waals surface area contributed by atoms with Gasteiger partial charge in [-0.2, -0.15) is 0 Å². The Bertz CT molecular complexity index is 753. The van der Waals surface area contributed by atoms with E-state index in [0.717, 1.165) is 45.2 Å². The molecule has 150 valence electrons. The lowest BCUT2D eigenvalue weighted by atomic mass is 9.43. The lowest BCUT2D eigenvalue weighted by Crippen LogP contribution is -2.57. The maximum atomic E-state index is 13.4. The summed E-state index contributed by atoms with van der Waals surface area (Å²) in [6.07, 6.45) is 7.88. The van der Waals surface area contributed by atoms with Crippen LogP contribution in [0.15, 0.2) is 30.3 Å². The van der Waals surface area contributed by atoms with Crippen molar-refractivity contribution in [2.45, 2.75) is 69.8 Å². The minimum atomic E-state index is -0.661.